The lowest BCUT2D eigenvalue weighted by Crippen LogP contribution is -2.53. The molecule has 3 heterocycles. The minimum Gasteiger partial charge on any atom is -0.314 e. The molecule has 1 amide bonds. The summed E-state index contributed by atoms with van der Waals surface area (Å²) in [4.78, 5) is 24.8. The summed E-state index contributed by atoms with van der Waals surface area (Å²) < 4.78 is 1.12. The first-order valence-electron chi connectivity index (χ1n) is 10.5. The van der Waals surface area contributed by atoms with E-state index in [-0.39, 0.29) is 5.91 Å². The van der Waals surface area contributed by atoms with Crippen molar-refractivity contribution < 1.29 is 4.79 Å². The van der Waals surface area contributed by atoms with Crippen molar-refractivity contribution in [3.8, 4) is 0 Å². The number of aryl methyl sites for hydroxylation is 1. The second kappa shape index (κ2) is 8.00. The maximum atomic E-state index is 13.6. The predicted molar refractivity (Wildman–Crippen MR) is 122 cm³/mol. The zero-order valence-electron chi connectivity index (χ0n) is 17.1. The summed E-state index contributed by atoms with van der Waals surface area (Å²) in [5.74, 6) is 0.947. The average molecular weight is 465 g/mol. The second-order valence-electron chi connectivity index (χ2n) is 8.13. The van der Waals surface area contributed by atoms with E-state index in [4.69, 9.17) is 4.99 Å². The number of nitrogens with zero attached hydrogens (tertiary/aromatic N) is 4. The van der Waals surface area contributed by atoms with Crippen molar-refractivity contribution in [3.05, 3.63) is 81.0 Å². The van der Waals surface area contributed by atoms with Gasteiger partial charge in [-0.05, 0) is 29.7 Å². The van der Waals surface area contributed by atoms with Gasteiger partial charge in [0.15, 0.2) is 0 Å². The van der Waals surface area contributed by atoms with Crippen molar-refractivity contribution in [2.45, 2.75) is 26.4 Å². The summed E-state index contributed by atoms with van der Waals surface area (Å²) in [6.07, 6.45) is 0.892. The Morgan fingerprint density at radius 1 is 1.00 bits per heavy atom. The van der Waals surface area contributed by atoms with Gasteiger partial charge in [0.05, 0.1) is 18.7 Å². The Balaban J connectivity index is 1.42. The zero-order chi connectivity index (χ0) is 20.7. The van der Waals surface area contributed by atoms with Crippen molar-refractivity contribution in [1.82, 2.24) is 14.7 Å². The summed E-state index contributed by atoms with van der Waals surface area (Å²) >= 11 is 3.66. The number of rotatable bonds is 4. The Bertz CT molecular complexity index is 1060. The summed E-state index contributed by atoms with van der Waals surface area (Å²) in [7, 11) is 0. The van der Waals surface area contributed by atoms with Gasteiger partial charge in [0, 0.05) is 42.8 Å². The van der Waals surface area contributed by atoms with Gasteiger partial charge in [0.25, 0.3) is 5.91 Å². The SMILES string of the molecule is Cc1ccccc1CN1C(=O)C2=C(CCN(Cc3ccccc3Br)C2)N2CCN=C12. The van der Waals surface area contributed by atoms with Crippen LogP contribution in [0.15, 0.2) is 69.3 Å². The molecule has 0 aromatic heterocycles. The first-order valence-corrected chi connectivity index (χ1v) is 11.3. The number of amides is 1. The number of benzene rings is 2. The summed E-state index contributed by atoms with van der Waals surface area (Å²) in [5, 5.41) is 0. The molecule has 0 atom stereocenters. The van der Waals surface area contributed by atoms with E-state index in [0.717, 1.165) is 48.6 Å². The summed E-state index contributed by atoms with van der Waals surface area (Å²) in [6.45, 7) is 6.77. The molecule has 6 heteroatoms. The maximum Gasteiger partial charge on any atom is 0.259 e. The number of hydrogen-bond donors (Lipinski definition) is 0. The smallest absolute Gasteiger partial charge is 0.259 e. The molecule has 0 radical (unpaired) electrons. The highest BCUT2D eigenvalue weighted by Crippen LogP contribution is 2.32. The molecule has 5 nitrogen and oxygen atoms in total. The minimum atomic E-state index is 0.113. The highest BCUT2D eigenvalue weighted by atomic mass is 79.9. The lowest BCUT2D eigenvalue weighted by molar-refractivity contribution is -0.125. The van der Waals surface area contributed by atoms with Gasteiger partial charge in [-0.1, -0.05) is 58.4 Å². The topological polar surface area (TPSA) is 39.2 Å². The second-order valence-corrected chi connectivity index (χ2v) is 8.98. The third-order valence-corrected chi connectivity index (χ3v) is 7.00. The van der Waals surface area contributed by atoms with E-state index in [2.05, 4.69) is 63.0 Å². The first kappa shape index (κ1) is 19.5. The van der Waals surface area contributed by atoms with Crippen LogP contribution < -0.4 is 0 Å². The van der Waals surface area contributed by atoms with Crippen LogP contribution in [0.3, 0.4) is 0 Å². The predicted octanol–water partition coefficient (Wildman–Crippen LogP) is 3.93. The van der Waals surface area contributed by atoms with Crippen LogP contribution in [0.25, 0.3) is 0 Å². The molecule has 3 aliphatic heterocycles. The van der Waals surface area contributed by atoms with Crippen LogP contribution in [-0.2, 0) is 17.9 Å². The third kappa shape index (κ3) is 3.48. The van der Waals surface area contributed by atoms with Crippen LogP contribution in [0.2, 0.25) is 0 Å². The van der Waals surface area contributed by atoms with Gasteiger partial charge in [-0.2, -0.15) is 0 Å². The number of carbonyl (C=O) groups is 1. The molecule has 2 aromatic carbocycles. The van der Waals surface area contributed by atoms with Crippen molar-refractivity contribution in [2.75, 3.05) is 26.2 Å². The number of guanidine groups is 1. The molecule has 0 spiro atoms. The van der Waals surface area contributed by atoms with E-state index < -0.39 is 0 Å². The van der Waals surface area contributed by atoms with Gasteiger partial charge in [0.2, 0.25) is 5.96 Å². The lowest BCUT2D eigenvalue weighted by Gasteiger charge is -2.42. The van der Waals surface area contributed by atoms with Crippen LogP contribution in [0, 0.1) is 6.92 Å². The molecule has 0 bridgehead atoms. The van der Waals surface area contributed by atoms with Crippen molar-refractivity contribution in [2.24, 2.45) is 4.99 Å². The van der Waals surface area contributed by atoms with Gasteiger partial charge >= 0.3 is 0 Å². The van der Waals surface area contributed by atoms with Crippen molar-refractivity contribution >= 4 is 27.8 Å². The molecule has 0 saturated heterocycles. The van der Waals surface area contributed by atoms with Crippen molar-refractivity contribution in [1.29, 1.82) is 0 Å². The molecule has 30 heavy (non-hydrogen) atoms. The number of fused-ring (bicyclic) bond motifs is 2. The zero-order valence-corrected chi connectivity index (χ0v) is 18.7. The fourth-order valence-electron chi connectivity index (χ4n) is 4.58. The quantitative estimate of drug-likeness (QED) is 0.687. The molecule has 0 unspecified atom stereocenters. The highest BCUT2D eigenvalue weighted by molar-refractivity contribution is 9.10. The van der Waals surface area contributed by atoms with E-state index in [1.165, 1.54) is 22.4 Å². The van der Waals surface area contributed by atoms with E-state index in [9.17, 15) is 4.79 Å². The van der Waals surface area contributed by atoms with E-state index in [1.54, 1.807) is 0 Å². The standard InChI is InChI=1S/C24H25BrN4O/c1-17-6-2-3-7-18(17)15-29-23(30)20-16-27(14-19-8-4-5-9-21(19)25)12-10-22(20)28-13-11-26-24(28)29/h2-9H,10-16H2,1H3. The first-order chi connectivity index (χ1) is 14.6. The van der Waals surface area contributed by atoms with Gasteiger partial charge < -0.3 is 4.90 Å². The van der Waals surface area contributed by atoms with Crippen molar-refractivity contribution in [3.63, 3.8) is 0 Å². The molecule has 0 aliphatic carbocycles. The highest BCUT2D eigenvalue weighted by Gasteiger charge is 2.41. The maximum absolute atomic E-state index is 13.6. The van der Waals surface area contributed by atoms with Crippen LogP contribution in [-0.4, -0.2) is 52.7 Å². The Morgan fingerprint density at radius 2 is 1.77 bits per heavy atom. The van der Waals surface area contributed by atoms with Crippen LogP contribution in [0.1, 0.15) is 23.1 Å². The number of carbonyl (C=O) groups excluding carboxylic acids is 1. The van der Waals surface area contributed by atoms with Gasteiger partial charge in [-0.3, -0.25) is 19.6 Å². The Kier molecular flexibility index (Phi) is 5.21. The fourth-order valence-corrected chi connectivity index (χ4v) is 4.99. The van der Waals surface area contributed by atoms with E-state index in [0.29, 0.717) is 13.1 Å². The van der Waals surface area contributed by atoms with Gasteiger partial charge in [-0.25, -0.2) is 0 Å². The molecule has 154 valence electrons. The van der Waals surface area contributed by atoms with E-state index in [1.807, 2.05) is 23.1 Å². The van der Waals surface area contributed by atoms with Gasteiger partial charge in [0.1, 0.15) is 0 Å². The molecule has 2 aromatic rings. The normalized spacial score (nSPS) is 19.1. The largest absolute Gasteiger partial charge is 0.314 e. The monoisotopic (exact) mass is 464 g/mol. The fraction of sp³-hybridized carbons (Fsp3) is 0.333. The lowest BCUT2D eigenvalue weighted by atomic mass is 9.99. The number of halogens is 1. The number of aliphatic imine (C=N–C) groups is 1. The molecule has 5 rings (SSSR count). The van der Waals surface area contributed by atoms with Crippen LogP contribution in [0.5, 0.6) is 0 Å². The molecule has 0 saturated carbocycles. The molecular formula is C24H25BrN4O. The Morgan fingerprint density at radius 3 is 2.57 bits per heavy atom. The summed E-state index contributed by atoms with van der Waals surface area (Å²) in [5.41, 5.74) is 5.74. The molecular weight excluding hydrogens is 440 g/mol. The average Bonchev–Trinajstić information content (AvgIpc) is 3.24. The number of hydrogen-bond acceptors (Lipinski definition) is 4. The van der Waals surface area contributed by atoms with Crippen LogP contribution >= 0.6 is 15.9 Å². The molecule has 3 aliphatic rings. The molecule has 0 fully saturated rings. The summed E-state index contributed by atoms with van der Waals surface area (Å²) in [6, 6.07) is 16.6. The minimum absolute atomic E-state index is 0.113. The van der Waals surface area contributed by atoms with E-state index >= 15 is 0 Å². The Hall–Kier alpha value is -2.44. The van der Waals surface area contributed by atoms with Gasteiger partial charge in [-0.15, -0.1) is 0 Å². The van der Waals surface area contributed by atoms with Crippen LogP contribution in [0.4, 0.5) is 0 Å². The Labute approximate surface area is 185 Å². The third-order valence-electron chi connectivity index (χ3n) is 6.23. The molecule has 0 N–H and O–H groups in total.